The Morgan fingerprint density at radius 3 is 2.76 bits per heavy atom. The lowest BCUT2D eigenvalue weighted by Gasteiger charge is -2.27. The molecule has 2 N–H and O–H groups in total. The minimum absolute atomic E-state index is 0.0247. The van der Waals surface area contributed by atoms with Crippen molar-refractivity contribution in [2.24, 2.45) is 11.8 Å². The molecule has 2 aliphatic rings. The fourth-order valence-electron chi connectivity index (χ4n) is 3.98. The van der Waals surface area contributed by atoms with Crippen LogP contribution >= 0.6 is 0 Å². The van der Waals surface area contributed by atoms with Crippen LogP contribution in [0.25, 0.3) is 0 Å². The lowest BCUT2D eigenvalue weighted by Crippen LogP contribution is -2.23. The number of carboxylic acid groups (broad SMARTS) is 1. The first kappa shape index (κ1) is 19.7. The van der Waals surface area contributed by atoms with E-state index >= 15 is 0 Å². The summed E-state index contributed by atoms with van der Waals surface area (Å²) in [5, 5.41) is 19.0. The molecule has 0 aromatic carbocycles. The number of carbonyl (C=O) groups is 2. The fourth-order valence-corrected chi connectivity index (χ4v) is 3.98. The maximum absolute atomic E-state index is 12.1. The highest BCUT2D eigenvalue weighted by Crippen LogP contribution is 2.33. The Morgan fingerprint density at radius 1 is 1.28 bits per heavy atom. The molecule has 1 fully saturated rings. The summed E-state index contributed by atoms with van der Waals surface area (Å²) in [6.45, 7) is 0. The Bertz CT molecular complexity index is 548. The highest BCUT2D eigenvalue weighted by Gasteiger charge is 2.28. The van der Waals surface area contributed by atoms with E-state index in [1.807, 2.05) is 12.2 Å². The molecule has 4 nitrogen and oxygen atoms in total. The molecule has 1 saturated carbocycles. The number of aliphatic carboxylic acids is 1. The lowest BCUT2D eigenvalue weighted by molar-refractivity contribution is -0.136. The van der Waals surface area contributed by atoms with Gasteiger partial charge < -0.3 is 10.2 Å². The largest absolute Gasteiger partial charge is 0.481 e. The van der Waals surface area contributed by atoms with E-state index in [0.717, 1.165) is 38.5 Å². The minimum atomic E-state index is -0.867. The Morgan fingerprint density at radius 2 is 2.04 bits per heavy atom. The SMILES string of the molecule is O=C(O)CC=C=CCC[C@H]1C(=O)CC=C1CC[C@@H](O)C1CCCCC1. The quantitative estimate of drug-likeness (QED) is 0.485. The van der Waals surface area contributed by atoms with Crippen molar-refractivity contribution in [3.63, 3.8) is 0 Å². The van der Waals surface area contributed by atoms with E-state index in [0.29, 0.717) is 12.3 Å². The van der Waals surface area contributed by atoms with E-state index in [9.17, 15) is 14.7 Å². The zero-order chi connectivity index (χ0) is 18.1. The minimum Gasteiger partial charge on any atom is -0.481 e. The molecule has 2 rings (SSSR count). The van der Waals surface area contributed by atoms with Crippen LogP contribution in [0.3, 0.4) is 0 Å². The molecule has 138 valence electrons. The van der Waals surface area contributed by atoms with Crippen molar-refractivity contribution >= 4 is 11.8 Å². The van der Waals surface area contributed by atoms with Crippen LogP contribution in [-0.4, -0.2) is 28.1 Å². The molecule has 0 bridgehead atoms. The zero-order valence-electron chi connectivity index (χ0n) is 15.0. The topological polar surface area (TPSA) is 74.6 Å². The second-order valence-corrected chi connectivity index (χ2v) is 7.26. The molecule has 0 aromatic heterocycles. The Hall–Kier alpha value is -1.64. The molecule has 0 amide bonds. The lowest BCUT2D eigenvalue weighted by atomic mass is 9.82. The summed E-state index contributed by atoms with van der Waals surface area (Å²) in [6, 6.07) is 0. The molecule has 0 unspecified atom stereocenters. The maximum Gasteiger partial charge on any atom is 0.307 e. The zero-order valence-corrected chi connectivity index (χ0v) is 15.0. The third-order valence-electron chi connectivity index (χ3n) is 5.44. The highest BCUT2D eigenvalue weighted by atomic mass is 16.4. The summed E-state index contributed by atoms with van der Waals surface area (Å²) < 4.78 is 0. The molecule has 0 heterocycles. The molecule has 4 heteroatoms. The van der Waals surface area contributed by atoms with Crippen molar-refractivity contribution in [3.8, 4) is 0 Å². The number of carboxylic acids is 1. The predicted molar refractivity (Wildman–Crippen MR) is 97.2 cm³/mol. The van der Waals surface area contributed by atoms with E-state index in [1.165, 1.54) is 30.9 Å². The molecule has 0 spiro atoms. The summed E-state index contributed by atoms with van der Waals surface area (Å²) in [4.78, 5) is 22.5. The summed E-state index contributed by atoms with van der Waals surface area (Å²) >= 11 is 0. The first-order chi connectivity index (χ1) is 12.1. The van der Waals surface area contributed by atoms with Gasteiger partial charge >= 0.3 is 5.97 Å². The summed E-state index contributed by atoms with van der Waals surface area (Å²) in [6.07, 6.45) is 14.7. The van der Waals surface area contributed by atoms with Gasteiger partial charge in [0, 0.05) is 12.3 Å². The third-order valence-corrected chi connectivity index (χ3v) is 5.44. The summed E-state index contributed by atoms with van der Waals surface area (Å²) in [5.74, 6) is -0.193. The average molecular weight is 346 g/mol. The second-order valence-electron chi connectivity index (χ2n) is 7.26. The van der Waals surface area contributed by atoms with Crippen molar-refractivity contribution in [3.05, 3.63) is 29.5 Å². The average Bonchev–Trinajstić information content (AvgIpc) is 2.96. The van der Waals surface area contributed by atoms with Gasteiger partial charge in [-0.2, -0.15) is 0 Å². The van der Waals surface area contributed by atoms with Crippen molar-refractivity contribution < 1.29 is 19.8 Å². The van der Waals surface area contributed by atoms with Crippen LogP contribution in [0.15, 0.2) is 29.5 Å². The molecule has 0 radical (unpaired) electrons. The molecule has 0 aromatic rings. The molecule has 2 atom stereocenters. The Kier molecular flexibility index (Phi) is 8.17. The van der Waals surface area contributed by atoms with Crippen LogP contribution in [0.1, 0.15) is 70.6 Å². The maximum atomic E-state index is 12.1. The van der Waals surface area contributed by atoms with Crippen molar-refractivity contribution in [1.82, 2.24) is 0 Å². The van der Waals surface area contributed by atoms with Gasteiger partial charge in [-0.05, 0) is 56.6 Å². The second kappa shape index (κ2) is 10.4. The number of carbonyl (C=O) groups excluding carboxylic acids is 1. The van der Waals surface area contributed by atoms with E-state index in [-0.39, 0.29) is 24.2 Å². The molecule has 0 aliphatic heterocycles. The van der Waals surface area contributed by atoms with Gasteiger partial charge in [0.2, 0.25) is 0 Å². The highest BCUT2D eigenvalue weighted by molar-refractivity contribution is 5.88. The number of ketones is 1. The van der Waals surface area contributed by atoms with E-state index in [2.05, 4.69) is 5.73 Å². The first-order valence-corrected chi connectivity index (χ1v) is 9.59. The number of aliphatic hydroxyl groups is 1. The van der Waals surface area contributed by atoms with Gasteiger partial charge in [-0.25, -0.2) is 0 Å². The van der Waals surface area contributed by atoms with Crippen molar-refractivity contribution in [1.29, 1.82) is 0 Å². The van der Waals surface area contributed by atoms with E-state index < -0.39 is 5.97 Å². The predicted octanol–water partition coefficient (Wildman–Crippen LogP) is 4.19. The number of hydrogen-bond acceptors (Lipinski definition) is 3. The standard InChI is InChI=1S/C21H30O4/c22-19(17-8-4-3-5-9-17)14-12-16-13-15-20(23)18(16)10-6-1-2-7-11-21(24)25/h1,7,13,17-19,22H,3-6,8-12,14-15H2,(H,24,25)/t2?,18-,19-/m1/s1. The number of hydrogen-bond donors (Lipinski definition) is 2. The number of rotatable bonds is 9. The van der Waals surface area contributed by atoms with Crippen molar-refractivity contribution in [2.45, 2.75) is 76.7 Å². The van der Waals surface area contributed by atoms with E-state index in [4.69, 9.17) is 5.11 Å². The van der Waals surface area contributed by atoms with Crippen molar-refractivity contribution in [2.75, 3.05) is 0 Å². The molecule has 0 saturated heterocycles. The van der Waals surface area contributed by atoms with Gasteiger partial charge in [-0.1, -0.05) is 30.9 Å². The van der Waals surface area contributed by atoms with Gasteiger partial charge in [0.05, 0.1) is 12.5 Å². The van der Waals surface area contributed by atoms with Gasteiger partial charge in [-0.3, -0.25) is 9.59 Å². The van der Waals surface area contributed by atoms with Gasteiger partial charge in [0.1, 0.15) is 5.78 Å². The van der Waals surface area contributed by atoms with Crippen LogP contribution < -0.4 is 0 Å². The third kappa shape index (κ3) is 6.64. The monoisotopic (exact) mass is 346 g/mol. The first-order valence-electron chi connectivity index (χ1n) is 9.59. The number of allylic oxidation sites excluding steroid dienone is 2. The van der Waals surface area contributed by atoms with Crippen LogP contribution in [-0.2, 0) is 9.59 Å². The fraction of sp³-hybridized carbons (Fsp3) is 0.667. The van der Waals surface area contributed by atoms with E-state index in [1.54, 1.807) is 0 Å². The molecular weight excluding hydrogens is 316 g/mol. The van der Waals surface area contributed by atoms with Gasteiger partial charge in [0.15, 0.2) is 0 Å². The van der Waals surface area contributed by atoms with Gasteiger partial charge in [0.25, 0.3) is 0 Å². The Labute approximate surface area is 150 Å². The van der Waals surface area contributed by atoms with Crippen LogP contribution in [0.2, 0.25) is 0 Å². The van der Waals surface area contributed by atoms with Crippen LogP contribution in [0.4, 0.5) is 0 Å². The number of Topliss-reactive ketones (excluding diaryl/α,β-unsaturated/α-hetero) is 1. The normalized spacial score (nSPS) is 22.2. The van der Waals surface area contributed by atoms with Crippen LogP contribution in [0, 0.1) is 11.8 Å². The smallest absolute Gasteiger partial charge is 0.307 e. The molecular formula is C21H30O4. The molecule has 25 heavy (non-hydrogen) atoms. The molecule has 2 aliphatic carbocycles. The summed E-state index contributed by atoms with van der Waals surface area (Å²) in [7, 11) is 0. The Balaban J connectivity index is 1.76. The summed E-state index contributed by atoms with van der Waals surface area (Å²) in [5.41, 5.74) is 4.05. The van der Waals surface area contributed by atoms with Gasteiger partial charge in [-0.15, -0.1) is 5.73 Å². The number of aliphatic hydroxyl groups excluding tert-OH is 1. The van der Waals surface area contributed by atoms with Crippen LogP contribution in [0.5, 0.6) is 0 Å².